The number of hydrogen-bond acceptors (Lipinski definition) is 4. The molecule has 2 rings (SSSR count). The molecule has 0 radical (unpaired) electrons. The molecular weight excluding hydrogens is 216 g/mol. The first-order chi connectivity index (χ1) is 8.15. The minimum atomic E-state index is -0.457. The van der Waals surface area contributed by atoms with Crippen LogP contribution in [0.2, 0.25) is 0 Å². The van der Waals surface area contributed by atoms with Crippen molar-refractivity contribution in [3.05, 3.63) is 47.1 Å². The van der Waals surface area contributed by atoms with Crippen LogP contribution >= 0.6 is 0 Å². The van der Waals surface area contributed by atoms with Crippen molar-refractivity contribution in [2.45, 2.75) is 32.8 Å². The molecule has 1 atom stereocenters. The van der Waals surface area contributed by atoms with Gasteiger partial charge < -0.3 is 9.63 Å². The summed E-state index contributed by atoms with van der Waals surface area (Å²) in [6.07, 6.45) is 0.610. The minimum absolute atomic E-state index is 0.404. The Labute approximate surface area is 100 Å². The maximum absolute atomic E-state index is 9.22. The maximum atomic E-state index is 9.22. The zero-order valence-corrected chi connectivity index (χ0v) is 10.1. The first kappa shape index (κ1) is 11.8. The number of aliphatic hydroxyl groups is 1. The molecule has 1 aromatic carbocycles. The highest BCUT2D eigenvalue weighted by atomic mass is 16.5. The molecule has 90 valence electrons. The van der Waals surface area contributed by atoms with Gasteiger partial charge in [0.2, 0.25) is 5.89 Å². The Morgan fingerprint density at radius 1 is 1.35 bits per heavy atom. The van der Waals surface area contributed by atoms with Crippen LogP contribution in [-0.2, 0) is 12.8 Å². The lowest BCUT2D eigenvalue weighted by atomic mass is 10.1. The summed E-state index contributed by atoms with van der Waals surface area (Å²) in [4.78, 5) is 4.25. The largest absolute Gasteiger partial charge is 0.393 e. The standard InChI is InChI=1S/C13H16N2O2/c1-9-5-3-4-6-11(9)8-12-14-13(17-15-12)7-10(2)16/h3-6,10,16H,7-8H2,1-2H3. The number of nitrogens with zero attached hydrogens (tertiary/aromatic N) is 2. The Balaban J connectivity index is 2.09. The molecule has 1 unspecified atom stereocenters. The van der Waals surface area contributed by atoms with E-state index in [4.69, 9.17) is 4.52 Å². The number of aliphatic hydroxyl groups excluding tert-OH is 1. The van der Waals surface area contributed by atoms with Crippen LogP contribution in [0.25, 0.3) is 0 Å². The molecule has 0 saturated heterocycles. The molecule has 1 heterocycles. The van der Waals surface area contributed by atoms with Crippen LogP contribution in [0.4, 0.5) is 0 Å². The van der Waals surface area contributed by atoms with E-state index in [-0.39, 0.29) is 0 Å². The van der Waals surface area contributed by atoms with Gasteiger partial charge in [-0.3, -0.25) is 0 Å². The number of hydrogen-bond donors (Lipinski definition) is 1. The summed E-state index contributed by atoms with van der Waals surface area (Å²) < 4.78 is 5.07. The zero-order valence-electron chi connectivity index (χ0n) is 10.1. The molecule has 0 amide bonds. The van der Waals surface area contributed by atoms with Crippen molar-refractivity contribution in [2.24, 2.45) is 0 Å². The second kappa shape index (κ2) is 5.10. The van der Waals surface area contributed by atoms with E-state index in [1.807, 2.05) is 12.1 Å². The first-order valence-corrected chi connectivity index (χ1v) is 5.69. The van der Waals surface area contributed by atoms with Gasteiger partial charge in [0.25, 0.3) is 0 Å². The Kier molecular flexibility index (Phi) is 3.54. The molecule has 0 saturated carbocycles. The normalized spacial score (nSPS) is 12.6. The van der Waals surface area contributed by atoms with Gasteiger partial charge in [0.1, 0.15) is 0 Å². The summed E-state index contributed by atoms with van der Waals surface area (Å²) in [5, 5.41) is 13.1. The number of rotatable bonds is 4. The fourth-order valence-electron chi connectivity index (χ4n) is 1.68. The van der Waals surface area contributed by atoms with Crippen molar-refractivity contribution in [3.63, 3.8) is 0 Å². The third-order valence-corrected chi connectivity index (χ3v) is 2.59. The van der Waals surface area contributed by atoms with Crippen molar-refractivity contribution in [3.8, 4) is 0 Å². The number of benzene rings is 1. The van der Waals surface area contributed by atoms with Gasteiger partial charge in [0, 0.05) is 6.42 Å². The van der Waals surface area contributed by atoms with E-state index in [1.165, 1.54) is 11.1 Å². The first-order valence-electron chi connectivity index (χ1n) is 5.69. The summed E-state index contributed by atoms with van der Waals surface area (Å²) in [7, 11) is 0. The Morgan fingerprint density at radius 2 is 2.12 bits per heavy atom. The van der Waals surface area contributed by atoms with E-state index in [0.717, 1.165) is 0 Å². The summed E-state index contributed by atoms with van der Waals surface area (Å²) in [6.45, 7) is 3.76. The van der Waals surface area contributed by atoms with Crippen LogP contribution in [-0.4, -0.2) is 21.4 Å². The molecule has 17 heavy (non-hydrogen) atoms. The van der Waals surface area contributed by atoms with Crippen LogP contribution in [0.3, 0.4) is 0 Å². The zero-order chi connectivity index (χ0) is 12.3. The SMILES string of the molecule is Cc1ccccc1Cc1noc(CC(C)O)n1. The van der Waals surface area contributed by atoms with Crippen molar-refractivity contribution in [1.29, 1.82) is 0 Å². The number of aryl methyl sites for hydroxylation is 1. The number of aromatic nitrogens is 2. The molecule has 1 aromatic heterocycles. The lowest BCUT2D eigenvalue weighted by Crippen LogP contribution is -2.04. The fraction of sp³-hybridized carbons (Fsp3) is 0.385. The third kappa shape index (κ3) is 3.14. The molecular formula is C13H16N2O2. The lowest BCUT2D eigenvalue weighted by molar-refractivity contribution is 0.181. The average molecular weight is 232 g/mol. The van der Waals surface area contributed by atoms with Gasteiger partial charge in [0.15, 0.2) is 5.82 Å². The molecule has 4 heteroatoms. The van der Waals surface area contributed by atoms with Gasteiger partial charge >= 0.3 is 0 Å². The Morgan fingerprint density at radius 3 is 2.82 bits per heavy atom. The predicted octanol–water partition coefficient (Wildman–Crippen LogP) is 1.89. The topological polar surface area (TPSA) is 59.2 Å². The summed E-state index contributed by atoms with van der Waals surface area (Å²) in [5.74, 6) is 1.15. The molecule has 2 aromatic rings. The van der Waals surface area contributed by atoms with Crippen molar-refractivity contribution < 1.29 is 9.63 Å². The van der Waals surface area contributed by atoms with Gasteiger partial charge in [-0.1, -0.05) is 29.4 Å². The molecule has 0 fully saturated rings. The highest BCUT2D eigenvalue weighted by Gasteiger charge is 2.10. The Bertz CT molecular complexity index is 492. The lowest BCUT2D eigenvalue weighted by Gasteiger charge is -2.00. The van der Waals surface area contributed by atoms with E-state index in [9.17, 15) is 5.11 Å². The molecule has 0 bridgehead atoms. The maximum Gasteiger partial charge on any atom is 0.229 e. The minimum Gasteiger partial charge on any atom is -0.393 e. The third-order valence-electron chi connectivity index (χ3n) is 2.59. The van der Waals surface area contributed by atoms with Crippen LogP contribution in [0, 0.1) is 6.92 Å². The van der Waals surface area contributed by atoms with E-state index < -0.39 is 6.10 Å². The molecule has 0 spiro atoms. The van der Waals surface area contributed by atoms with E-state index in [2.05, 4.69) is 29.2 Å². The van der Waals surface area contributed by atoms with Crippen molar-refractivity contribution in [2.75, 3.05) is 0 Å². The molecule has 0 aliphatic rings. The van der Waals surface area contributed by atoms with Crippen LogP contribution in [0.5, 0.6) is 0 Å². The van der Waals surface area contributed by atoms with Crippen LogP contribution in [0.1, 0.15) is 29.8 Å². The molecule has 0 aliphatic carbocycles. The second-order valence-electron chi connectivity index (χ2n) is 4.26. The van der Waals surface area contributed by atoms with Gasteiger partial charge in [-0.15, -0.1) is 0 Å². The summed E-state index contributed by atoms with van der Waals surface area (Å²) in [5.41, 5.74) is 2.41. The van der Waals surface area contributed by atoms with E-state index in [0.29, 0.717) is 24.6 Å². The quantitative estimate of drug-likeness (QED) is 0.874. The molecule has 0 aliphatic heterocycles. The summed E-state index contributed by atoms with van der Waals surface area (Å²) >= 11 is 0. The van der Waals surface area contributed by atoms with E-state index >= 15 is 0 Å². The van der Waals surface area contributed by atoms with Gasteiger partial charge in [-0.05, 0) is 25.0 Å². The predicted molar refractivity (Wildman–Crippen MR) is 63.7 cm³/mol. The molecule has 1 N–H and O–H groups in total. The monoisotopic (exact) mass is 232 g/mol. The summed E-state index contributed by atoms with van der Waals surface area (Å²) in [6, 6.07) is 8.12. The van der Waals surface area contributed by atoms with Crippen LogP contribution in [0.15, 0.2) is 28.8 Å². The smallest absolute Gasteiger partial charge is 0.229 e. The van der Waals surface area contributed by atoms with Crippen molar-refractivity contribution >= 4 is 0 Å². The second-order valence-corrected chi connectivity index (χ2v) is 4.26. The van der Waals surface area contributed by atoms with E-state index in [1.54, 1.807) is 6.92 Å². The highest BCUT2D eigenvalue weighted by Crippen LogP contribution is 2.12. The Hall–Kier alpha value is -1.68. The van der Waals surface area contributed by atoms with Crippen molar-refractivity contribution in [1.82, 2.24) is 10.1 Å². The van der Waals surface area contributed by atoms with Gasteiger partial charge in [-0.2, -0.15) is 4.98 Å². The van der Waals surface area contributed by atoms with Gasteiger partial charge in [-0.25, -0.2) is 0 Å². The highest BCUT2D eigenvalue weighted by molar-refractivity contribution is 5.27. The van der Waals surface area contributed by atoms with Gasteiger partial charge in [0.05, 0.1) is 12.5 Å². The van der Waals surface area contributed by atoms with Crippen LogP contribution < -0.4 is 0 Å². The fourth-order valence-corrected chi connectivity index (χ4v) is 1.68. The molecule has 4 nitrogen and oxygen atoms in total. The average Bonchev–Trinajstić information content (AvgIpc) is 2.68.